The molecule has 5 heteroatoms. The van der Waals surface area contributed by atoms with Gasteiger partial charge < -0.3 is 14.4 Å². The van der Waals surface area contributed by atoms with E-state index in [4.69, 9.17) is 9.47 Å². The second-order valence-corrected chi connectivity index (χ2v) is 3.63. The summed E-state index contributed by atoms with van der Waals surface area (Å²) in [6, 6.07) is 0. The van der Waals surface area contributed by atoms with Crippen LogP contribution in [0.15, 0.2) is 11.8 Å². The number of esters is 1. The van der Waals surface area contributed by atoms with E-state index in [-0.39, 0.29) is 11.7 Å². The van der Waals surface area contributed by atoms with Gasteiger partial charge in [-0.25, -0.2) is 4.79 Å². The van der Waals surface area contributed by atoms with E-state index < -0.39 is 11.8 Å². The number of amides is 1. The molecular weight excluding hydrogens is 186 g/mol. The third-order valence-corrected chi connectivity index (χ3v) is 1.59. The molecule has 1 saturated heterocycles. The molecule has 0 unspecified atom stereocenters. The topological polar surface area (TPSA) is 55.8 Å². The Morgan fingerprint density at radius 1 is 1.36 bits per heavy atom. The maximum absolute atomic E-state index is 11.2. The Balaban J connectivity index is 2.81. The summed E-state index contributed by atoms with van der Waals surface area (Å²) < 4.78 is 9.97. The summed E-state index contributed by atoms with van der Waals surface area (Å²) in [5.74, 6) is -1.94. The van der Waals surface area contributed by atoms with Crippen molar-refractivity contribution in [1.29, 1.82) is 0 Å². The number of cyclic esters (lactones) is 1. The van der Waals surface area contributed by atoms with Gasteiger partial charge in [0.2, 0.25) is 17.5 Å². The second-order valence-electron chi connectivity index (χ2n) is 3.63. The summed E-state index contributed by atoms with van der Waals surface area (Å²) in [4.78, 5) is 23.7. The lowest BCUT2D eigenvalue weighted by Crippen LogP contribution is -2.21. The van der Waals surface area contributed by atoms with Gasteiger partial charge >= 0.3 is 5.97 Å². The van der Waals surface area contributed by atoms with E-state index >= 15 is 0 Å². The van der Waals surface area contributed by atoms with Crippen molar-refractivity contribution in [2.75, 3.05) is 14.1 Å². The molecule has 1 aliphatic heterocycles. The highest BCUT2D eigenvalue weighted by Gasteiger charge is 2.37. The quantitative estimate of drug-likeness (QED) is 0.449. The fourth-order valence-corrected chi connectivity index (χ4v) is 0.930. The van der Waals surface area contributed by atoms with E-state index in [0.29, 0.717) is 0 Å². The van der Waals surface area contributed by atoms with Crippen molar-refractivity contribution in [3.63, 3.8) is 0 Å². The van der Waals surface area contributed by atoms with Gasteiger partial charge in [-0.15, -0.1) is 0 Å². The van der Waals surface area contributed by atoms with Crippen molar-refractivity contribution in [3.8, 4) is 0 Å². The molecule has 0 radical (unpaired) electrons. The van der Waals surface area contributed by atoms with Gasteiger partial charge in [-0.2, -0.15) is 0 Å². The number of ether oxygens (including phenoxy) is 2. The lowest BCUT2D eigenvalue weighted by atomic mass is 10.4. The van der Waals surface area contributed by atoms with E-state index in [0.717, 1.165) is 6.08 Å². The van der Waals surface area contributed by atoms with E-state index in [1.165, 1.54) is 4.90 Å². The Morgan fingerprint density at radius 3 is 2.29 bits per heavy atom. The molecule has 5 nitrogen and oxygen atoms in total. The molecule has 78 valence electrons. The summed E-state index contributed by atoms with van der Waals surface area (Å²) in [5.41, 5.74) is 0. The highest BCUT2D eigenvalue weighted by molar-refractivity contribution is 5.97. The van der Waals surface area contributed by atoms with Gasteiger partial charge in [0.15, 0.2) is 0 Å². The van der Waals surface area contributed by atoms with Gasteiger partial charge in [-0.3, -0.25) is 4.79 Å². The van der Waals surface area contributed by atoms with Crippen LogP contribution in [0.3, 0.4) is 0 Å². The Hall–Kier alpha value is -1.52. The van der Waals surface area contributed by atoms with Crippen LogP contribution >= 0.6 is 0 Å². The van der Waals surface area contributed by atoms with E-state index in [9.17, 15) is 9.59 Å². The maximum Gasteiger partial charge on any atom is 0.377 e. The first kappa shape index (κ1) is 10.6. The Labute approximate surface area is 82.3 Å². The van der Waals surface area contributed by atoms with Crippen molar-refractivity contribution >= 4 is 11.9 Å². The van der Waals surface area contributed by atoms with Crippen molar-refractivity contribution in [2.24, 2.45) is 0 Å². The zero-order valence-corrected chi connectivity index (χ0v) is 8.66. The predicted octanol–water partition coefficient (Wildman–Crippen LogP) is 0.268. The molecule has 1 rings (SSSR count). The molecule has 0 bridgehead atoms. The number of hydrogen-bond acceptors (Lipinski definition) is 4. The molecule has 1 fully saturated rings. The minimum Gasteiger partial charge on any atom is -0.445 e. The smallest absolute Gasteiger partial charge is 0.377 e. The number of carbonyl (C=O) groups is 2. The van der Waals surface area contributed by atoms with Crippen LogP contribution in [0.1, 0.15) is 13.8 Å². The van der Waals surface area contributed by atoms with Gasteiger partial charge in [-0.1, -0.05) is 0 Å². The Bertz CT molecular complexity index is 304. The van der Waals surface area contributed by atoms with Crippen LogP contribution in [-0.4, -0.2) is 36.7 Å². The van der Waals surface area contributed by atoms with Crippen LogP contribution in [0.5, 0.6) is 0 Å². The average Bonchev–Trinajstić information content (AvgIpc) is 2.24. The van der Waals surface area contributed by atoms with Crippen LogP contribution in [-0.2, 0) is 19.1 Å². The molecule has 1 amide bonds. The molecule has 0 saturated carbocycles. The van der Waals surface area contributed by atoms with E-state index in [1.54, 1.807) is 27.9 Å². The number of nitrogens with zero attached hydrogens (tertiary/aromatic N) is 1. The van der Waals surface area contributed by atoms with E-state index in [2.05, 4.69) is 0 Å². The first-order valence-corrected chi connectivity index (χ1v) is 4.17. The van der Waals surface area contributed by atoms with Gasteiger partial charge in [0.05, 0.1) is 6.08 Å². The fraction of sp³-hybridized carbons (Fsp3) is 0.556. The molecule has 0 aromatic carbocycles. The summed E-state index contributed by atoms with van der Waals surface area (Å²) in [7, 11) is 3.18. The maximum atomic E-state index is 11.2. The fourth-order valence-electron chi connectivity index (χ4n) is 0.930. The largest absolute Gasteiger partial charge is 0.445 e. The summed E-state index contributed by atoms with van der Waals surface area (Å²) in [5, 5.41) is 0. The average molecular weight is 199 g/mol. The molecule has 0 N–H and O–H groups in total. The number of hydrogen-bond donors (Lipinski definition) is 0. The minimum atomic E-state index is -0.977. The van der Waals surface area contributed by atoms with Crippen molar-refractivity contribution in [2.45, 2.75) is 19.6 Å². The number of likely N-dealkylation sites (N-methyl/N-ethyl adjacent to an activating group) is 1. The van der Waals surface area contributed by atoms with Gasteiger partial charge in [0.25, 0.3) is 0 Å². The molecule has 14 heavy (non-hydrogen) atoms. The predicted molar refractivity (Wildman–Crippen MR) is 48.0 cm³/mol. The van der Waals surface area contributed by atoms with Crippen LogP contribution in [0.4, 0.5) is 0 Å². The third-order valence-electron chi connectivity index (χ3n) is 1.59. The Morgan fingerprint density at radius 2 is 1.93 bits per heavy atom. The molecular formula is C9H13NO4. The Kier molecular flexibility index (Phi) is 2.51. The molecule has 1 heterocycles. The first-order valence-electron chi connectivity index (χ1n) is 4.17. The second kappa shape index (κ2) is 3.32. The molecule has 0 spiro atoms. The normalized spacial score (nSPS) is 21.7. The molecule has 0 aromatic heterocycles. The first-order chi connectivity index (χ1) is 6.32. The third kappa shape index (κ3) is 2.25. The zero-order chi connectivity index (χ0) is 10.9. The van der Waals surface area contributed by atoms with Crippen LogP contribution in [0.25, 0.3) is 0 Å². The van der Waals surface area contributed by atoms with Crippen LogP contribution in [0.2, 0.25) is 0 Å². The summed E-state index contributed by atoms with van der Waals surface area (Å²) in [6.45, 7) is 3.21. The van der Waals surface area contributed by atoms with Gasteiger partial charge in [-0.05, 0) is 0 Å². The zero-order valence-electron chi connectivity index (χ0n) is 8.66. The van der Waals surface area contributed by atoms with Crippen LogP contribution < -0.4 is 0 Å². The standard InChI is InChI=1S/C9H13NO4/c1-9(2)13-6(8(12)14-9)5-7(11)10(3)4/h5H,1-4H3. The minimum absolute atomic E-state index is 0.0475. The van der Waals surface area contributed by atoms with Crippen LogP contribution in [0, 0.1) is 0 Å². The lowest BCUT2D eigenvalue weighted by Gasteiger charge is -2.14. The number of carbonyl (C=O) groups excluding carboxylic acids is 2. The lowest BCUT2D eigenvalue weighted by molar-refractivity contribution is -0.159. The molecule has 1 aliphatic rings. The highest BCUT2D eigenvalue weighted by atomic mass is 16.8. The molecule has 0 atom stereocenters. The van der Waals surface area contributed by atoms with Crippen molar-refractivity contribution < 1.29 is 19.1 Å². The molecule has 0 aliphatic carbocycles. The highest BCUT2D eigenvalue weighted by Crippen LogP contribution is 2.25. The van der Waals surface area contributed by atoms with Gasteiger partial charge in [0.1, 0.15) is 0 Å². The number of rotatable bonds is 1. The van der Waals surface area contributed by atoms with Gasteiger partial charge in [0, 0.05) is 27.9 Å². The summed E-state index contributed by atoms with van der Waals surface area (Å²) >= 11 is 0. The monoisotopic (exact) mass is 199 g/mol. The SMILES string of the molecule is CN(C)C(=O)C=C1OC(C)(C)OC1=O. The van der Waals surface area contributed by atoms with E-state index in [1.807, 2.05) is 0 Å². The van der Waals surface area contributed by atoms with Crippen molar-refractivity contribution in [3.05, 3.63) is 11.8 Å². The molecule has 0 aromatic rings. The van der Waals surface area contributed by atoms with Crippen molar-refractivity contribution in [1.82, 2.24) is 4.90 Å². The summed E-state index contributed by atoms with van der Waals surface area (Å²) in [6.07, 6.45) is 1.12.